The summed E-state index contributed by atoms with van der Waals surface area (Å²) in [6.45, 7) is 1.88. The zero-order valence-corrected chi connectivity index (χ0v) is 9.88. The first-order chi connectivity index (χ1) is 7.70. The molecule has 1 heterocycles. The SMILES string of the molecule is COc1ccc(C(=O)c2nc(C)cs2)cc1. The standard InChI is InChI=1S/C12H11NO2S/c1-8-7-16-12(13-8)11(14)9-3-5-10(15-2)6-4-9/h3-7H,1-2H3. The van der Waals surface area contributed by atoms with E-state index in [0.29, 0.717) is 10.6 Å². The fourth-order valence-corrected chi connectivity index (χ4v) is 2.08. The van der Waals surface area contributed by atoms with Crippen LogP contribution < -0.4 is 4.74 Å². The quantitative estimate of drug-likeness (QED) is 0.765. The first-order valence-corrected chi connectivity index (χ1v) is 5.69. The van der Waals surface area contributed by atoms with Gasteiger partial charge in [-0.15, -0.1) is 11.3 Å². The van der Waals surface area contributed by atoms with Crippen LogP contribution >= 0.6 is 11.3 Å². The summed E-state index contributed by atoms with van der Waals surface area (Å²) < 4.78 is 5.03. The van der Waals surface area contributed by atoms with E-state index in [-0.39, 0.29) is 5.78 Å². The van der Waals surface area contributed by atoms with Gasteiger partial charge in [-0.1, -0.05) is 0 Å². The second-order valence-corrected chi connectivity index (χ2v) is 4.21. The van der Waals surface area contributed by atoms with E-state index in [9.17, 15) is 4.79 Å². The summed E-state index contributed by atoms with van der Waals surface area (Å²) in [5, 5.41) is 2.40. The first kappa shape index (κ1) is 10.8. The number of aromatic nitrogens is 1. The Bertz CT molecular complexity index is 502. The van der Waals surface area contributed by atoms with E-state index in [1.807, 2.05) is 12.3 Å². The lowest BCUT2D eigenvalue weighted by Crippen LogP contribution is -2.00. The Balaban J connectivity index is 2.27. The molecule has 0 atom stereocenters. The van der Waals surface area contributed by atoms with Gasteiger partial charge in [-0.25, -0.2) is 4.98 Å². The number of benzene rings is 1. The number of methoxy groups -OCH3 is 1. The fraction of sp³-hybridized carbons (Fsp3) is 0.167. The topological polar surface area (TPSA) is 39.2 Å². The monoisotopic (exact) mass is 233 g/mol. The van der Waals surface area contributed by atoms with Crippen molar-refractivity contribution >= 4 is 17.1 Å². The number of carbonyl (C=O) groups excluding carboxylic acids is 1. The van der Waals surface area contributed by atoms with Crippen LogP contribution in [0.15, 0.2) is 29.6 Å². The molecule has 2 aromatic rings. The van der Waals surface area contributed by atoms with Gasteiger partial charge in [0.15, 0.2) is 5.01 Å². The average Bonchev–Trinajstić information content (AvgIpc) is 2.75. The minimum atomic E-state index is -0.0410. The third-order valence-electron chi connectivity index (χ3n) is 2.17. The Labute approximate surface area is 97.7 Å². The van der Waals surface area contributed by atoms with Crippen LogP contribution in [0.5, 0.6) is 5.75 Å². The molecule has 0 N–H and O–H groups in total. The fourth-order valence-electron chi connectivity index (χ4n) is 1.32. The lowest BCUT2D eigenvalue weighted by atomic mass is 10.1. The van der Waals surface area contributed by atoms with Crippen molar-refractivity contribution in [2.75, 3.05) is 7.11 Å². The van der Waals surface area contributed by atoms with Gasteiger partial charge in [0.1, 0.15) is 5.75 Å². The van der Waals surface area contributed by atoms with Crippen molar-refractivity contribution in [3.63, 3.8) is 0 Å². The molecule has 0 spiro atoms. The van der Waals surface area contributed by atoms with Crippen LogP contribution in [-0.2, 0) is 0 Å². The molecule has 0 unspecified atom stereocenters. The normalized spacial score (nSPS) is 10.1. The average molecular weight is 233 g/mol. The van der Waals surface area contributed by atoms with Crippen molar-refractivity contribution in [3.05, 3.63) is 45.9 Å². The van der Waals surface area contributed by atoms with Gasteiger partial charge >= 0.3 is 0 Å². The van der Waals surface area contributed by atoms with Crippen LogP contribution in [-0.4, -0.2) is 17.9 Å². The molecule has 0 bridgehead atoms. The largest absolute Gasteiger partial charge is 0.497 e. The molecule has 0 aliphatic heterocycles. The summed E-state index contributed by atoms with van der Waals surface area (Å²) in [5.74, 6) is 0.702. The third kappa shape index (κ3) is 2.12. The molecule has 2 rings (SSSR count). The van der Waals surface area contributed by atoms with Crippen molar-refractivity contribution in [2.24, 2.45) is 0 Å². The zero-order chi connectivity index (χ0) is 11.5. The van der Waals surface area contributed by atoms with Crippen LogP contribution in [0.25, 0.3) is 0 Å². The van der Waals surface area contributed by atoms with Gasteiger partial charge in [0.2, 0.25) is 5.78 Å². The minimum Gasteiger partial charge on any atom is -0.497 e. The molecule has 1 aromatic heterocycles. The van der Waals surface area contributed by atoms with Crippen molar-refractivity contribution in [1.82, 2.24) is 4.98 Å². The number of carbonyl (C=O) groups is 1. The van der Waals surface area contributed by atoms with E-state index in [0.717, 1.165) is 11.4 Å². The third-order valence-corrected chi connectivity index (χ3v) is 3.12. The number of hydrogen-bond acceptors (Lipinski definition) is 4. The lowest BCUT2D eigenvalue weighted by molar-refractivity contribution is 0.103. The highest BCUT2D eigenvalue weighted by molar-refractivity contribution is 7.12. The molecule has 0 fully saturated rings. The smallest absolute Gasteiger partial charge is 0.221 e. The molecular weight excluding hydrogens is 222 g/mol. The predicted octanol–water partition coefficient (Wildman–Crippen LogP) is 2.69. The molecule has 16 heavy (non-hydrogen) atoms. The molecular formula is C12H11NO2S. The molecule has 0 aliphatic carbocycles. The first-order valence-electron chi connectivity index (χ1n) is 4.81. The number of nitrogens with zero attached hydrogens (tertiary/aromatic N) is 1. The van der Waals surface area contributed by atoms with Crippen LogP contribution in [0.3, 0.4) is 0 Å². The highest BCUT2D eigenvalue weighted by atomic mass is 32.1. The molecule has 0 saturated carbocycles. The Morgan fingerprint density at radius 2 is 2.00 bits per heavy atom. The summed E-state index contributed by atoms with van der Waals surface area (Å²) in [6.07, 6.45) is 0. The van der Waals surface area contributed by atoms with E-state index < -0.39 is 0 Å². The summed E-state index contributed by atoms with van der Waals surface area (Å²) in [6, 6.07) is 7.04. The number of rotatable bonds is 3. The Hall–Kier alpha value is -1.68. The highest BCUT2D eigenvalue weighted by Gasteiger charge is 2.12. The van der Waals surface area contributed by atoms with Crippen LogP contribution in [0, 0.1) is 6.92 Å². The van der Waals surface area contributed by atoms with Crippen LogP contribution in [0.2, 0.25) is 0 Å². The summed E-state index contributed by atoms with van der Waals surface area (Å²) in [4.78, 5) is 16.1. The van der Waals surface area contributed by atoms with Crippen molar-refractivity contribution < 1.29 is 9.53 Å². The molecule has 0 aliphatic rings. The van der Waals surface area contributed by atoms with Crippen LogP contribution in [0.1, 0.15) is 21.1 Å². The molecule has 3 nitrogen and oxygen atoms in total. The Morgan fingerprint density at radius 1 is 1.31 bits per heavy atom. The van der Waals surface area contributed by atoms with Gasteiger partial charge in [-0.2, -0.15) is 0 Å². The maximum atomic E-state index is 12.0. The number of aryl methyl sites for hydroxylation is 1. The van der Waals surface area contributed by atoms with E-state index in [1.165, 1.54) is 11.3 Å². The van der Waals surface area contributed by atoms with E-state index in [4.69, 9.17) is 4.74 Å². The molecule has 1 aromatic carbocycles. The van der Waals surface area contributed by atoms with Gasteiger partial charge in [0, 0.05) is 16.6 Å². The van der Waals surface area contributed by atoms with Crippen molar-refractivity contribution in [3.8, 4) is 5.75 Å². The summed E-state index contributed by atoms with van der Waals surface area (Å²) >= 11 is 1.37. The maximum absolute atomic E-state index is 12.0. The molecule has 0 saturated heterocycles. The Kier molecular flexibility index (Phi) is 3.01. The second-order valence-electron chi connectivity index (χ2n) is 3.35. The lowest BCUT2D eigenvalue weighted by Gasteiger charge is -2.00. The van der Waals surface area contributed by atoms with Gasteiger partial charge < -0.3 is 4.74 Å². The van der Waals surface area contributed by atoms with Gasteiger partial charge in [-0.05, 0) is 31.2 Å². The number of thiazole rings is 1. The van der Waals surface area contributed by atoms with Crippen LogP contribution in [0.4, 0.5) is 0 Å². The highest BCUT2D eigenvalue weighted by Crippen LogP contribution is 2.17. The van der Waals surface area contributed by atoms with Gasteiger partial charge in [-0.3, -0.25) is 4.79 Å². The predicted molar refractivity (Wildman–Crippen MR) is 63.3 cm³/mol. The molecule has 0 radical (unpaired) electrons. The van der Waals surface area contributed by atoms with E-state index in [2.05, 4.69) is 4.98 Å². The van der Waals surface area contributed by atoms with Crippen molar-refractivity contribution in [1.29, 1.82) is 0 Å². The zero-order valence-electron chi connectivity index (χ0n) is 9.06. The van der Waals surface area contributed by atoms with E-state index >= 15 is 0 Å². The molecule has 82 valence electrons. The molecule has 4 heteroatoms. The number of ether oxygens (including phenoxy) is 1. The summed E-state index contributed by atoms with van der Waals surface area (Å²) in [5.41, 5.74) is 1.51. The number of ketones is 1. The second kappa shape index (κ2) is 4.45. The minimum absolute atomic E-state index is 0.0410. The summed E-state index contributed by atoms with van der Waals surface area (Å²) in [7, 11) is 1.60. The molecule has 0 amide bonds. The van der Waals surface area contributed by atoms with E-state index in [1.54, 1.807) is 31.4 Å². The number of hydrogen-bond donors (Lipinski definition) is 0. The van der Waals surface area contributed by atoms with Gasteiger partial charge in [0.05, 0.1) is 7.11 Å². The van der Waals surface area contributed by atoms with Crippen molar-refractivity contribution in [2.45, 2.75) is 6.92 Å². The van der Waals surface area contributed by atoms with Gasteiger partial charge in [0.25, 0.3) is 0 Å². The Morgan fingerprint density at radius 3 is 2.50 bits per heavy atom. The maximum Gasteiger partial charge on any atom is 0.221 e.